The molecule has 1 saturated heterocycles. The summed E-state index contributed by atoms with van der Waals surface area (Å²) in [6.45, 7) is 1.05. The molecule has 1 unspecified atom stereocenters. The minimum absolute atomic E-state index is 0. The minimum Gasteiger partial charge on any atom is -0.393 e. The zero-order chi connectivity index (χ0) is 5.56. The van der Waals surface area contributed by atoms with Crippen LogP contribution < -0.4 is 5.32 Å². The maximum atomic E-state index is 9.18. The van der Waals surface area contributed by atoms with Gasteiger partial charge in [-0.3, -0.25) is 0 Å². The number of hydrogen-bond donors (Lipinski definition) is 2. The van der Waals surface area contributed by atoms with Gasteiger partial charge in [0.1, 0.15) is 0 Å². The third kappa shape index (κ3) is 1.07. The van der Waals surface area contributed by atoms with Gasteiger partial charge >= 0.3 is 0 Å². The van der Waals surface area contributed by atoms with Crippen LogP contribution in [0.2, 0.25) is 0 Å². The molecule has 0 amide bonds. The molecular formula is C6H12ClNO. The largest absolute Gasteiger partial charge is 0.393 e. The van der Waals surface area contributed by atoms with E-state index in [1.54, 1.807) is 0 Å². The van der Waals surface area contributed by atoms with Gasteiger partial charge in [-0.15, -0.1) is 12.4 Å². The van der Waals surface area contributed by atoms with E-state index in [0.29, 0.717) is 12.0 Å². The lowest BCUT2D eigenvalue weighted by Gasteiger charge is -2.15. The van der Waals surface area contributed by atoms with Crippen LogP contribution in [-0.4, -0.2) is 23.8 Å². The Balaban J connectivity index is 0.000000405. The van der Waals surface area contributed by atoms with Gasteiger partial charge in [-0.05, 0) is 18.8 Å². The maximum Gasteiger partial charge on any atom is 0.0595 e. The third-order valence-electron chi connectivity index (χ3n) is 2.33. The lowest BCUT2D eigenvalue weighted by molar-refractivity contribution is 0.121. The highest BCUT2D eigenvalue weighted by molar-refractivity contribution is 5.85. The van der Waals surface area contributed by atoms with E-state index in [4.69, 9.17) is 0 Å². The molecule has 2 N–H and O–H groups in total. The average molecular weight is 150 g/mol. The number of nitrogens with one attached hydrogen (secondary N) is 1. The van der Waals surface area contributed by atoms with Gasteiger partial charge in [-0.25, -0.2) is 0 Å². The van der Waals surface area contributed by atoms with Gasteiger partial charge in [0.15, 0.2) is 0 Å². The molecule has 2 bridgehead atoms. The van der Waals surface area contributed by atoms with Gasteiger partial charge in [-0.1, -0.05) is 0 Å². The second-order valence-corrected chi connectivity index (χ2v) is 2.90. The molecule has 1 aliphatic carbocycles. The Bertz CT molecular complexity index is 107. The first-order chi connectivity index (χ1) is 3.86. The molecule has 2 nitrogen and oxygen atoms in total. The molecule has 3 atom stereocenters. The van der Waals surface area contributed by atoms with Crippen molar-refractivity contribution in [1.82, 2.24) is 5.32 Å². The number of aliphatic hydroxyl groups is 1. The number of aliphatic hydroxyl groups excluding tert-OH is 1. The molecule has 1 aliphatic heterocycles. The van der Waals surface area contributed by atoms with Crippen LogP contribution in [0.4, 0.5) is 0 Å². The zero-order valence-electron chi connectivity index (χ0n) is 5.21. The molecule has 0 aromatic carbocycles. The van der Waals surface area contributed by atoms with Gasteiger partial charge in [0.2, 0.25) is 0 Å². The molecule has 1 heterocycles. The standard InChI is InChI=1S/C6H11NO.ClH/c8-6-2-5-1-4(6)3-7-5;/h4-8H,1-3H2;1H/t4?,5-,6+;/m1./s1. The molecule has 0 aromatic rings. The molecular weight excluding hydrogens is 138 g/mol. The third-order valence-corrected chi connectivity index (χ3v) is 2.33. The molecule has 0 aromatic heterocycles. The zero-order valence-corrected chi connectivity index (χ0v) is 6.03. The Morgan fingerprint density at radius 3 is 2.33 bits per heavy atom. The Hall–Kier alpha value is 0.210. The van der Waals surface area contributed by atoms with Crippen LogP contribution in [0.15, 0.2) is 0 Å². The van der Waals surface area contributed by atoms with E-state index in [1.165, 1.54) is 6.42 Å². The van der Waals surface area contributed by atoms with Crippen molar-refractivity contribution in [2.75, 3.05) is 6.54 Å². The van der Waals surface area contributed by atoms with Gasteiger partial charge in [0, 0.05) is 12.6 Å². The number of piperidine rings is 1. The van der Waals surface area contributed by atoms with Crippen LogP contribution in [-0.2, 0) is 0 Å². The molecule has 3 heteroatoms. The highest BCUT2D eigenvalue weighted by Crippen LogP contribution is 2.30. The molecule has 2 rings (SSSR count). The average Bonchev–Trinajstić information content (AvgIpc) is 2.23. The smallest absolute Gasteiger partial charge is 0.0595 e. The molecule has 2 fully saturated rings. The van der Waals surface area contributed by atoms with Crippen molar-refractivity contribution < 1.29 is 5.11 Å². The van der Waals surface area contributed by atoms with Crippen molar-refractivity contribution in [3.05, 3.63) is 0 Å². The van der Waals surface area contributed by atoms with Crippen molar-refractivity contribution in [3.8, 4) is 0 Å². The Morgan fingerprint density at radius 2 is 2.11 bits per heavy atom. The number of halogens is 1. The summed E-state index contributed by atoms with van der Waals surface area (Å²) in [6, 6.07) is 0.648. The van der Waals surface area contributed by atoms with Crippen LogP contribution in [0, 0.1) is 5.92 Å². The lowest BCUT2D eigenvalue weighted by atomic mass is 10.1. The SMILES string of the molecule is Cl.O[C@H]1C[C@H]2CC1CN2. The van der Waals surface area contributed by atoms with E-state index in [1.807, 2.05) is 0 Å². The summed E-state index contributed by atoms with van der Waals surface area (Å²) in [6.07, 6.45) is 2.22. The summed E-state index contributed by atoms with van der Waals surface area (Å²) in [5, 5.41) is 12.5. The summed E-state index contributed by atoms with van der Waals surface area (Å²) in [7, 11) is 0. The highest BCUT2D eigenvalue weighted by atomic mass is 35.5. The monoisotopic (exact) mass is 149 g/mol. The topological polar surface area (TPSA) is 32.3 Å². The van der Waals surface area contributed by atoms with E-state index >= 15 is 0 Å². The first-order valence-corrected chi connectivity index (χ1v) is 3.28. The lowest BCUT2D eigenvalue weighted by Crippen LogP contribution is -2.32. The molecule has 0 radical (unpaired) electrons. The maximum absolute atomic E-state index is 9.18. The van der Waals surface area contributed by atoms with Gasteiger partial charge < -0.3 is 10.4 Å². The van der Waals surface area contributed by atoms with Gasteiger partial charge in [-0.2, -0.15) is 0 Å². The Morgan fingerprint density at radius 1 is 1.33 bits per heavy atom. The first kappa shape index (κ1) is 7.32. The van der Waals surface area contributed by atoms with Crippen LogP contribution in [0.1, 0.15) is 12.8 Å². The summed E-state index contributed by atoms with van der Waals surface area (Å²) in [4.78, 5) is 0. The number of hydrogen-bond acceptors (Lipinski definition) is 2. The molecule has 1 saturated carbocycles. The fourth-order valence-electron chi connectivity index (χ4n) is 1.81. The summed E-state index contributed by atoms with van der Waals surface area (Å²) in [5.74, 6) is 0.583. The summed E-state index contributed by atoms with van der Waals surface area (Å²) >= 11 is 0. The normalized spacial score (nSPS) is 47.0. The van der Waals surface area contributed by atoms with Crippen LogP contribution in [0.3, 0.4) is 0 Å². The van der Waals surface area contributed by atoms with Gasteiger partial charge in [0.05, 0.1) is 6.10 Å². The van der Waals surface area contributed by atoms with E-state index in [9.17, 15) is 5.11 Å². The molecule has 54 valence electrons. The quantitative estimate of drug-likeness (QED) is 0.514. The first-order valence-electron chi connectivity index (χ1n) is 3.28. The molecule has 2 aliphatic rings. The summed E-state index contributed by atoms with van der Waals surface area (Å²) < 4.78 is 0. The predicted octanol–water partition coefficient (Wildman–Crippen LogP) is 0.151. The Kier molecular flexibility index (Phi) is 1.99. The second kappa shape index (κ2) is 2.45. The van der Waals surface area contributed by atoms with Crippen molar-refractivity contribution in [2.24, 2.45) is 5.92 Å². The van der Waals surface area contributed by atoms with Crippen molar-refractivity contribution in [2.45, 2.75) is 25.0 Å². The Labute approximate surface area is 61.0 Å². The van der Waals surface area contributed by atoms with Crippen LogP contribution >= 0.6 is 12.4 Å². The molecule has 9 heavy (non-hydrogen) atoms. The highest BCUT2D eigenvalue weighted by Gasteiger charge is 2.37. The van der Waals surface area contributed by atoms with Crippen molar-refractivity contribution in [1.29, 1.82) is 0 Å². The van der Waals surface area contributed by atoms with Crippen LogP contribution in [0.25, 0.3) is 0 Å². The molecule has 0 spiro atoms. The van der Waals surface area contributed by atoms with E-state index in [2.05, 4.69) is 5.32 Å². The van der Waals surface area contributed by atoms with E-state index in [-0.39, 0.29) is 18.5 Å². The minimum atomic E-state index is 0. The second-order valence-electron chi connectivity index (χ2n) is 2.90. The number of rotatable bonds is 0. The van der Waals surface area contributed by atoms with Crippen molar-refractivity contribution >= 4 is 12.4 Å². The van der Waals surface area contributed by atoms with Gasteiger partial charge in [0.25, 0.3) is 0 Å². The predicted molar refractivity (Wildman–Crippen MR) is 37.8 cm³/mol. The van der Waals surface area contributed by atoms with Crippen molar-refractivity contribution in [3.63, 3.8) is 0 Å². The fraction of sp³-hybridized carbons (Fsp3) is 1.00. The van der Waals surface area contributed by atoms with E-state index < -0.39 is 0 Å². The fourth-order valence-corrected chi connectivity index (χ4v) is 1.81. The van der Waals surface area contributed by atoms with E-state index in [0.717, 1.165) is 13.0 Å². The number of fused-ring (bicyclic) bond motifs is 2. The summed E-state index contributed by atoms with van der Waals surface area (Å²) in [5.41, 5.74) is 0. The van der Waals surface area contributed by atoms with Crippen LogP contribution in [0.5, 0.6) is 0 Å².